The van der Waals surface area contributed by atoms with E-state index in [1.54, 1.807) is 38.4 Å². The number of nitrogens with zero attached hydrogens (tertiary/aromatic N) is 2. The lowest BCUT2D eigenvalue weighted by Crippen LogP contribution is -2.26. The van der Waals surface area contributed by atoms with Crippen LogP contribution in [-0.2, 0) is 13.5 Å². The van der Waals surface area contributed by atoms with Crippen molar-refractivity contribution in [2.75, 3.05) is 19.0 Å². The molecular formula is C21H21ClN4O3. The van der Waals surface area contributed by atoms with E-state index in [9.17, 15) is 9.59 Å². The number of amides is 2. The SMILES string of the molecule is COc1cccc(CCNC(=O)c2cc(NC(=O)c3ccccc3Cl)n(C)n2)c1. The molecule has 0 saturated heterocycles. The Labute approximate surface area is 173 Å². The summed E-state index contributed by atoms with van der Waals surface area (Å²) in [6.07, 6.45) is 0.659. The van der Waals surface area contributed by atoms with Gasteiger partial charge in [0.1, 0.15) is 11.6 Å². The van der Waals surface area contributed by atoms with E-state index in [4.69, 9.17) is 16.3 Å². The smallest absolute Gasteiger partial charge is 0.271 e. The third-order valence-electron chi connectivity index (χ3n) is 4.31. The van der Waals surface area contributed by atoms with Crippen LogP contribution in [0.1, 0.15) is 26.4 Å². The van der Waals surface area contributed by atoms with Crippen molar-refractivity contribution in [2.24, 2.45) is 7.05 Å². The van der Waals surface area contributed by atoms with Crippen LogP contribution in [0.25, 0.3) is 0 Å². The number of methoxy groups -OCH3 is 1. The van der Waals surface area contributed by atoms with Crippen LogP contribution >= 0.6 is 11.6 Å². The normalized spacial score (nSPS) is 10.4. The minimum absolute atomic E-state index is 0.215. The molecule has 0 atom stereocenters. The standard InChI is InChI=1S/C21H21ClN4O3/c1-26-19(24-20(27)16-8-3-4-9-17(16)22)13-18(25-26)21(28)23-11-10-14-6-5-7-15(12-14)29-2/h3-9,12-13H,10-11H2,1-2H3,(H,23,28)(H,24,27). The highest BCUT2D eigenvalue weighted by Gasteiger charge is 2.16. The molecule has 0 spiro atoms. The highest BCUT2D eigenvalue weighted by Crippen LogP contribution is 2.18. The number of hydrogen-bond acceptors (Lipinski definition) is 4. The van der Waals surface area contributed by atoms with Crippen LogP contribution in [0.4, 0.5) is 5.82 Å². The Morgan fingerprint density at radius 2 is 1.90 bits per heavy atom. The number of benzene rings is 2. The fourth-order valence-corrected chi connectivity index (χ4v) is 2.98. The minimum Gasteiger partial charge on any atom is -0.497 e. The number of anilines is 1. The number of aryl methyl sites for hydroxylation is 1. The largest absolute Gasteiger partial charge is 0.497 e. The Kier molecular flexibility index (Phi) is 6.51. The number of nitrogens with one attached hydrogen (secondary N) is 2. The molecule has 3 rings (SSSR count). The van der Waals surface area contributed by atoms with Gasteiger partial charge in [-0.2, -0.15) is 5.10 Å². The Bertz CT molecular complexity index is 1030. The molecule has 0 saturated carbocycles. The Morgan fingerprint density at radius 3 is 2.66 bits per heavy atom. The van der Waals surface area contributed by atoms with E-state index in [0.29, 0.717) is 29.4 Å². The summed E-state index contributed by atoms with van der Waals surface area (Å²) in [5, 5.41) is 10.1. The quantitative estimate of drug-likeness (QED) is 0.623. The van der Waals surface area contributed by atoms with Crippen molar-refractivity contribution >= 4 is 29.2 Å². The molecule has 0 unspecified atom stereocenters. The second-order valence-electron chi connectivity index (χ2n) is 6.33. The van der Waals surface area contributed by atoms with Gasteiger partial charge in [0.05, 0.1) is 17.7 Å². The third-order valence-corrected chi connectivity index (χ3v) is 4.64. The maximum atomic E-state index is 12.4. The van der Waals surface area contributed by atoms with Crippen LogP contribution in [-0.4, -0.2) is 35.2 Å². The molecule has 2 N–H and O–H groups in total. The molecule has 7 nitrogen and oxygen atoms in total. The average molecular weight is 413 g/mol. The van der Waals surface area contributed by atoms with Gasteiger partial charge >= 0.3 is 0 Å². The highest BCUT2D eigenvalue weighted by atomic mass is 35.5. The number of ether oxygens (including phenoxy) is 1. The molecule has 0 bridgehead atoms. The summed E-state index contributed by atoms with van der Waals surface area (Å²) in [4.78, 5) is 24.8. The van der Waals surface area contributed by atoms with Gasteiger partial charge in [0.15, 0.2) is 5.69 Å². The average Bonchev–Trinajstić information content (AvgIpc) is 3.08. The van der Waals surface area contributed by atoms with Crippen molar-refractivity contribution < 1.29 is 14.3 Å². The first-order chi connectivity index (χ1) is 14.0. The monoisotopic (exact) mass is 412 g/mol. The number of halogens is 1. The zero-order valence-electron chi connectivity index (χ0n) is 16.1. The molecule has 2 aromatic carbocycles. The lowest BCUT2D eigenvalue weighted by molar-refractivity contribution is 0.0947. The molecule has 1 aromatic heterocycles. The van der Waals surface area contributed by atoms with Gasteiger partial charge in [-0.15, -0.1) is 0 Å². The summed E-state index contributed by atoms with van der Waals surface area (Å²) in [6.45, 7) is 0.448. The molecular weight excluding hydrogens is 392 g/mol. The Morgan fingerprint density at radius 1 is 1.10 bits per heavy atom. The van der Waals surface area contributed by atoms with E-state index < -0.39 is 0 Å². The molecule has 0 aliphatic rings. The highest BCUT2D eigenvalue weighted by molar-refractivity contribution is 6.34. The van der Waals surface area contributed by atoms with Crippen molar-refractivity contribution in [1.29, 1.82) is 0 Å². The van der Waals surface area contributed by atoms with E-state index in [-0.39, 0.29) is 17.5 Å². The van der Waals surface area contributed by atoms with Crippen LogP contribution in [0.2, 0.25) is 5.02 Å². The fraction of sp³-hybridized carbons (Fsp3) is 0.190. The number of hydrogen-bond donors (Lipinski definition) is 2. The van der Waals surface area contributed by atoms with E-state index in [1.165, 1.54) is 10.7 Å². The van der Waals surface area contributed by atoms with Crippen molar-refractivity contribution in [3.63, 3.8) is 0 Å². The lowest BCUT2D eigenvalue weighted by Gasteiger charge is -2.06. The van der Waals surface area contributed by atoms with Crippen molar-refractivity contribution in [2.45, 2.75) is 6.42 Å². The predicted octanol–water partition coefficient (Wildman–Crippen LogP) is 3.31. The van der Waals surface area contributed by atoms with E-state index in [2.05, 4.69) is 15.7 Å². The van der Waals surface area contributed by atoms with E-state index >= 15 is 0 Å². The Hall–Kier alpha value is -3.32. The van der Waals surface area contributed by atoms with Gasteiger partial charge in [-0.1, -0.05) is 35.9 Å². The first kappa shape index (κ1) is 20.4. The molecule has 8 heteroatoms. The van der Waals surface area contributed by atoms with Gasteiger partial charge in [0.25, 0.3) is 11.8 Å². The topological polar surface area (TPSA) is 85.3 Å². The number of rotatable bonds is 7. The second-order valence-corrected chi connectivity index (χ2v) is 6.74. The lowest BCUT2D eigenvalue weighted by atomic mass is 10.1. The predicted molar refractivity (Wildman–Crippen MR) is 112 cm³/mol. The van der Waals surface area contributed by atoms with E-state index in [1.807, 2.05) is 24.3 Å². The molecule has 0 fully saturated rings. The summed E-state index contributed by atoms with van der Waals surface area (Å²) in [5.41, 5.74) is 1.62. The van der Waals surface area contributed by atoms with Gasteiger partial charge in [0.2, 0.25) is 0 Å². The molecule has 2 amide bonds. The second kappa shape index (κ2) is 9.25. The molecule has 3 aromatic rings. The molecule has 150 valence electrons. The van der Waals surface area contributed by atoms with Crippen molar-refractivity contribution in [3.8, 4) is 5.75 Å². The Balaban J connectivity index is 1.59. The van der Waals surface area contributed by atoms with Crippen LogP contribution in [0.3, 0.4) is 0 Å². The summed E-state index contributed by atoms with van der Waals surface area (Å²) >= 11 is 6.05. The summed E-state index contributed by atoms with van der Waals surface area (Å²) in [6, 6.07) is 15.9. The molecule has 0 aliphatic carbocycles. The fourth-order valence-electron chi connectivity index (χ4n) is 2.76. The molecule has 29 heavy (non-hydrogen) atoms. The van der Waals surface area contributed by atoms with E-state index in [0.717, 1.165) is 11.3 Å². The number of carbonyl (C=O) groups is 2. The van der Waals surface area contributed by atoms with Gasteiger partial charge < -0.3 is 15.4 Å². The van der Waals surface area contributed by atoms with Crippen LogP contribution in [0.5, 0.6) is 5.75 Å². The van der Waals surface area contributed by atoms with Crippen LogP contribution in [0.15, 0.2) is 54.6 Å². The number of aromatic nitrogens is 2. The first-order valence-electron chi connectivity index (χ1n) is 8.99. The zero-order valence-corrected chi connectivity index (χ0v) is 16.9. The summed E-state index contributed by atoms with van der Waals surface area (Å²) < 4.78 is 6.63. The molecule has 0 radical (unpaired) electrons. The van der Waals surface area contributed by atoms with Crippen LogP contribution in [0, 0.1) is 0 Å². The maximum Gasteiger partial charge on any atom is 0.271 e. The number of carbonyl (C=O) groups excluding carboxylic acids is 2. The maximum absolute atomic E-state index is 12.4. The summed E-state index contributed by atoms with van der Waals surface area (Å²) in [7, 11) is 3.26. The molecule has 0 aliphatic heterocycles. The van der Waals surface area contributed by atoms with Crippen molar-refractivity contribution in [1.82, 2.24) is 15.1 Å². The van der Waals surface area contributed by atoms with Crippen molar-refractivity contribution in [3.05, 3.63) is 76.4 Å². The third kappa shape index (κ3) is 5.14. The van der Waals surface area contributed by atoms with Gasteiger partial charge in [0, 0.05) is 19.7 Å². The zero-order chi connectivity index (χ0) is 20.8. The minimum atomic E-state index is -0.372. The van der Waals surface area contributed by atoms with Gasteiger partial charge in [-0.05, 0) is 36.2 Å². The van der Waals surface area contributed by atoms with Crippen LogP contribution < -0.4 is 15.4 Å². The van der Waals surface area contributed by atoms with Gasteiger partial charge in [-0.25, -0.2) is 0 Å². The summed E-state index contributed by atoms with van der Waals surface area (Å²) in [5.74, 6) is 0.482. The van der Waals surface area contributed by atoms with Gasteiger partial charge in [-0.3, -0.25) is 14.3 Å². The molecule has 1 heterocycles. The first-order valence-corrected chi connectivity index (χ1v) is 9.37.